The smallest absolute Gasteiger partial charge is 0.237 e. The normalized spacial score (nSPS) is 13.5. The number of hydrogen-bond donors (Lipinski definition) is 1. The van der Waals surface area contributed by atoms with Crippen molar-refractivity contribution in [3.05, 3.63) is 54.1 Å². The van der Waals surface area contributed by atoms with E-state index in [0.717, 1.165) is 22.8 Å². The van der Waals surface area contributed by atoms with Crippen LogP contribution in [-0.2, 0) is 0 Å². The number of benzene rings is 1. The van der Waals surface area contributed by atoms with Crippen LogP contribution in [0.3, 0.4) is 0 Å². The molecular formula is C19H19N5O. The maximum Gasteiger partial charge on any atom is 0.237 e. The maximum atomic E-state index is 5.77. The average molecular weight is 333 g/mol. The van der Waals surface area contributed by atoms with Gasteiger partial charge in [-0.05, 0) is 44.0 Å². The zero-order chi connectivity index (χ0) is 17.2. The number of nitrogens with one attached hydrogen (secondary N) is 1. The van der Waals surface area contributed by atoms with Crippen molar-refractivity contribution in [2.24, 2.45) is 0 Å². The summed E-state index contributed by atoms with van der Waals surface area (Å²) >= 11 is 0. The van der Waals surface area contributed by atoms with Crippen molar-refractivity contribution in [2.75, 3.05) is 12.4 Å². The molecule has 3 aromatic rings. The van der Waals surface area contributed by atoms with Crippen molar-refractivity contribution in [1.29, 1.82) is 0 Å². The Morgan fingerprint density at radius 1 is 1.04 bits per heavy atom. The minimum absolute atomic E-state index is 0.501. The van der Waals surface area contributed by atoms with Gasteiger partial charge < -0.3 is 10.1 Å². The molecule has 0 atom stereocenters. The van der Waals surface area contributed by atoms with Gasteiger partial charge >= 0.3 is 0 Å². The van der Waals surface area contributed by atoms with Crippen LogP contribution in [0.15, 0.2) is 42.7 Å². The first kappa shape index (κ1) is 15.5. The maximum absolute atomic E-state index is 5.77. The number of ether oxygens (including phenoxy) is 1. The third-order valence-corrected chi connectivity index (χ3v) is 4.09. The topological polar surface area (TPSA) is 72.8 Å². The molecule has 0 radical (unpaired) electrons. The number of hydrogen-bond acceptors (Lipinski definition) is 6. The van der Waals surface area contributed by atoms with E-state index in [2.05, 4.69) is 25.3 Å². The second-order valence-corrected chi connectivity index (χ2v) is 6.15. The molecule has 0 spiro atoms. The Kier molecular flexibility index (Phi) is 4.01. The number of rotatable bonds is 5. The van der Waals surface area contributed by atoms with E-state index in [4.69, 9.17) is 4.74 Å². The average Bonchev–Trinajstić information content (AvgIpc) is 3.47. The summed E-state index contributed by atoms with van der Waals surface area (Å²) in [7, 11) is 1.85. The molecule has 1 aromatic carbocycles. The molecule has 126 valence electrons. The highest BCUT2D eigenvalue weighted by molar-refractivity contribution is 5.58. The molecule has 0 saturated heterocycles. The van der Waals surface area contributed by atoms with Gasteiger partial charge in [-0.2, -0.15) is 0 Å². The van der Waals surface area contributed by atoms with E-state index in [1.54, 1.807) is 12.4 Å². The lowest BCUT2D eigenvalue weighted by Gasteiger charge is -2.07. The van der Waals surface area contributed by atoms with E-state index in [9.17, 15) is 0 Å². The molecule has 1 saturated carbocycles. The molecule has 25 heavy (non-hydrogen) atoms. The Labute approximate surface area is 146 Å². The Morgan fingerprint density at radius 2 is 1.84 bits per heavy atom. The van der Waals surface area contributed by atoms with Gasteiger partial charge in [-0.3, -0.25) is 4.98 Å². The molecule has 1 N–H and O–H groups in total. The number of aromatic nitrogens is 4. The molecule has 1 aliphatic carbocycles. The van der Waals surface area contributed by atoms with Gasteiger partial charge in [-0.15, -0.1) is 0 Å². The van der Waals surface area contributed by atoms with Gasteiger partial charge in [0.2, 0.25) is 5.88 Å². The summed E-state index contributed by atoms with van der Waals surface area (Å²) in [5.41, 5.74) is 2.91. The van der Waals surface area contributed by atoms with Crippen LogP contribution in [0.1, 0.15) is 30.1 Å². The summed E-state index contributed by atoms with van der Waals surface area (Å²) in [5.74, 6) is 3.29. The Morgan fingerprint density at radius 3 is 2.48 bits per heavy atom. The van der Waals surface area contributed by atoms with Gasteiger partial charge in [0.05, 0.1) is 18.1 Å². The van der Waals surface area contributed by atoms with E-state index in [1.807, 2.05) is 44.3 Å². The molecule has 0 aliphatic heterocycles. The van der Waals surface area contributed by atoms with E-state index in [0.29, 0.717) is 23.4 Å². The summed E-state index contributed by atoms with van der Waals surface area (Å²) in [4.78, 5) is 17.7. The van der Waals surface area contributed by atoms with E-state index in [1.165, 1.54) is 12.8 Å². The monoisotopic (exact) mass is 333 g/mol. The molecule has 2 aromatic heterocycles. The number of anilines is 1. The first-order valence-electron chi connectivity index (χ1n) is 8.35. The number of nitrogens with zero attached hydrogens (tertiary/aromatic N) is 4. The third kappa shape index (κ3) is 3.57. The van der Waals surface area contributed by atoms with Gasteiger partial charge in [-0.1, -0.05) is 0 Å². The van der Waals surface area contributed by atoms with Gasteiger partial charge in [0.15, 0.2) is 5.82 Å². The first-order chi connectivity index (χ1) is 12.2. The van der Waals surface area contributed by atoms with Crippen LogP contribution in [0.5, 0.6) is 11.6 Å². The minimum Gasteiger partial charge on any atom is -0.438 e. The van der Waals surface area contributed by atoms with Crippen molar-refractivity contribution >= 4 is 5.82 Å². The summed E-state index contributed by atoms with van der Waals surface area (Å²) in [6.07, 6.45) is 5.92. The van der Waals surface area contributed by atoms with Gasteiger partial charge in [0.25, 0.3) is 0 Å². The van der Waals surface area contributed by atoms with Crippen molar-refractivity contribution < 1.29 is 4.74 Å². The molecule has 0 unspecified atom stereocenters. The Hall–Kier alpha value is -3.02. The van der Waals surface area contributed by atoms with Crippen LogP contribution in [0.25, 0.3) is 11.4 Å². The lowest BCUT2D eigenvalue weighted by molar-refractivity contribution is 0.459. The highest BCUT2D eigenvalue weighted by atomic mass is 16.5. The van der Waals surface area contributed by atoms with E-state index in [-0.39, 0.29) is 0 Å². The molecule has 0 amide bonds. The fraction of sp³-hybridized carbons (Fsp3) is 0.263. The van der Waals surface area contributed by atoms with Gasteiger partial charge in [-0.25, -0.2) is 15.0 Å². The van der Waals surface area contributed by atoms with Crippen LogP contribution >= 0.6 is 0 Å². The zero-order valence-corrected chi connectivity index (χ0v) is 14.2. The lowest BCUT2D eigenvalue weighted by atomic mass is 10.2. The van der Waals surface area contributed by atoms with Crippen LogP contribution in [0.4, 0.5) is 5.82 Å². The summed E-state index contributed by atoms with van der Waals surface area (Å²) in [5, 5.41) is 3.05. The zero-order valence-electron chi connectivity index (χ0n) is 14.2. The summed E-state index contributed by atoms with van der Waals surface area (Å²) in [6, 6.07) is 9.56. The fourth-order valence-electron chi connectivity index (χ4n) is 2.59. The predicted molar refractivity (Wildman–Crippen MR) is 95.8 cm³/mol. The Balaban J connectivity index is 1.50. The Bertz CT molecular complexity index is 873. The molecule has 4 rings (SSSR count). The van der Waals surface area contributed by atoms with E-state index < -0.39 is 0 Å². The highest BCUT2D eigenvalue weighted by Gasteiger charge is 2.25. The van der Waals surface area contributed by atoms with Crippen molar-refractivity contribution in [3.8, 4) is 23.0 Å². The lowest BCUT2D eigenvalue weighted by Crippen LogP contribution is -1.98. The highest BCUT2D eigenvalue weighted by Crippen LogP contribution is 2.38. The summed E-state index contributed by atoms with van der Waals surface area (Å²) in [6.45, 7) is 1.95. The number of aryl methyl sites for hydroxylation is 1. The standard InChI is InChI=1S/C19H19N5O/c1-12-9-17(20-2)24-19(23-12)14-5-7-15(8-6-14)25-18-11-21-16(10-22-18)13-3-4-13/h5-11,13H,3-4H2,1-2H3,(H,20,23,24). The van der Waals surface area contributed by atoms with E-state index >= 15 is 0 Å². The molecule has 1 fully saturated rings. The second-order valence-electron chi connectivity index (χ2n) is 6.15. The minimum atomic E-state index is 0.501. The van der Waals surface area contributed by atoms with Crippen LogP contribution in [-0.4, -0.2) is 27.0 Å². The van der Waals surface area contributed by atoms with Gasteiger partial charge in [0.1, 0.15) is 11.6 Å². The molecule has 6 nitrogen and oxygen atoms in total. The van der Waals surface area contributed by atoms with Crippen LogP contribution in [0, 0.1) is 6.92 Å². The summed E-state index contributed by atoms with van der Waals surface area (Å²) < 4.78 is 5.77. The largest absolute Gasteiger partial charge is 0.438 e. The SMILES string of the molecule is CNc1cc(C)nc(-c2ccc(Oc3cnc(C4CC4)cn3)cc2)n1. The third-order valence-electron chi connectivity index (χ3n) is 4.09. The second kappa shape index (κ2) is 6.47. The van der Waals surface area contributed by atoms with Crippen LogP contribution in [0.2, 0.25) is 0 Å². The van der Waals surface area contributed by atoms with Crippen LogP contribution < -0.4 is 10.1 Å². The molecule has 6 heteroatoms. The molecular weight excluding hydrogens is 314 g/mol. The van der Waals surface area contributed by atoms with Crippen molar-refractivity contribution in [2.45, 2.75) is 25.7 Å². The molecule has 2 heterocycles. The predicted octanol–water partition coefficient (Wildman–Crippen LogP) is 3.95. The quantitative estimate of drug-likeness (QED) is 0.762. The first-order valence-corrected chi connectivity index (χ1v) is 8.35. The van der Waals surface area contributed by atoms with Crippen molar-refractivity contribution in [3.63, 3.8) is 0 Å². The molecule has 0 bridgehead atoms. The van der Waals surface area contributed by atoms with Gasteiger partial charge in [0, 0.05) is 30.3 Å². The van der Waals surface area contributed by atoms with Crippen molar-refractivity contribution in [1.82, 2.24) is 19.9 Å². The molecule has 1 aliphatic rings. The fourth-order valence-corrected chi connectivity index (χ4v) is 2.59.